The Morgan fingerprint density at radius 3 is 2.59 bits per heavy atom. The standard InChI is InChI=1S/C15H19NO/c1-12(2)14-9-6-10-16(11-14)15(17)13-7-4-3-5-8-13/h3-5,7-9,12H,6,10-11H2,1-2H3. The molecule has 1 aliphatic rings. The van der Waals surface area contributed by atoms with Gasteiger partial charge in [0.15, 0.2) is 0 Å². The number of carbonyl (C=O) groups excluding carboxylic acids is 1. The Bertz CT molecular complexity index is 420. The minimum Gasteiger partial charge on any atom is -0.334 e. The van der Waals surface area contributed by atoms with Crippen LogP contribution in [0.5, 0.6) is 0 Å². The third-order valence-corrected chi connectivity index (χ3v) is 3.23. The first kappa shape index (κ1) is 11.9. The topological polar surface area (TPSA) is 20.3 Å². The van der Waals surface area contributed by atoms with Crippen LogP contribution in [0.2, 0.25) is 0 Å². The van der Waals surface area contributed by atoms with Crippen LogP contribution in [0.3, 0.4) is 0 Å². The monoisotopic (exact) mass is 229 g/mol. The number of nitrogens with zero attached hydrogens (tertiary/aromatic N) is 1. The highest BCUT2D eigenvalue weighted by molar-refractivity contribution is 5.94. The lowest BCUT2D eigenvalue weighted by Crippen LogP contribution is -2.36. The first-order valence-corrected chi connectivity index (χ1v) is 6.21. The van der Waals surface area contributed by atoms with Crippen molar-refractivity contribution in [3.8, 4) is 0 Å². The third-order valence-electron chi connectivity index (χ3n) is 3.23. The van der Waals surface area contributed by atoms with Crippen molar-refractivity contribution in [1.82, 2.24) is 4.90 Å². The first-order valence-electron chi connectivity index (χ1n) is 6.21. The largest absolute Gasteiger partial charge is 0.334 e. The Hall–Kier alpha value is -1.57. The number of hydrogen-bond acceptors (Lipinski definition) is 1. The Balaban J connectivity index is 2.10. The van der Waals surface area contributed by atoms with E-state index in [1.54, 1.807) is 0 Å². The van der Waals surface area contributed by atoms with Gasteiger partial charge in [-0.1, -0.05) is 43.7 Å². The Morgan fingerprint density at radius 1 is 1.24 bits per heavy atom. The van der Waals surface area contributed by atoms with Gasteiger partial charge in [-0.2, -0.15) is 0 Å². The third kappa shape index (κ3) is 2.76. The molecule has 1 aromatic rings. The van der Waals surface area contributed by atoms with Crippen LogP contribution in [0.15, 0.2) is 42.0 Å². The molecule has 0 aliphatic carbocycles. The maximum Gasteiger partial charge on any atom is 0.254 e. The zero-order valence-electron chi connectivity index (χ0n) is 10.5. The quantitative estimate of drug-likeness (QED) is 0.713. The molecule has 90 valence electrons. The summed E-state index contributed by atoms with van der Waals surface area (Å²) in [6, 6.07) is 9.53. The van der Waals surface area contributed by atoms with Crippen LogP contribution in [0.25, 0.3) is 0 Å². The molecule has 0 aromatic heterocycles. The zero-order valence-corrected chi connectivity index (χ0v) is 10.5. The molecule has 1 amide bonds. The van der Waals surface area contributed by atoms with E-state index in [1.165, 1.54) is 5.57 Å². The van der Waals surface area contributed by atoms with Crippen LogP contribution in [0, 0.1) is 5.92 Å². The highest BCUT2D eigenvalue weighted by atomic mass is 16.2. The van der Waals surface area contributed by atoms with E-state index in [9.17, 15) is 4.79 Å². The van der Waals surface area contributed by atoms with Gasteiger partial charge in [0.2, 0.25) is 0 Å². The second-order valence-electron chi connectivity index (χ2n) is 4.82. The summed E-state index contributed by atoms with van der Waals surface area (Å²) in [5, 5.41) is 0. The smallest absolute Gasteiger partial charge is 0.254 e. The fourth-order valence-electron chi connectivity index (χ4n) is 2.12. The minimum absolute atomic E-state index is 0.150. The van der Waals surface area contributed by atoms with Crippen molar-refractivity contribution in [2.45, 2.75) is 20.3 Å². The Labute approximate surface area is 103 Å². The Kier molecular flexibility index (Phi) is 3.62. The molecule has 17 heavy (non-hydrogen) atoms. The summed E-state index contributed by atoms with van der Waals surface area (Å²) in [4.78, 5) is 14.2. The highest BCUT2D eigenvalue weighted by Crippen LogP contribution is 2.19. The number of benzene rings is 1. The van der Waals surface area contributed by atoms with Gasteiger partial charge in [-0.15, -0.1) is 0 Å². The zero-order chi connectivity index (χ0) is 12.3. The van der Waals surface area contributed by atoms with E-state index < -0.39 is 0 Å². The van der Waals surface area contributed by atoms with E-state index in [0.717, 1.165) is 25.1 Å². The highest BCUT2D eigenvalue weighted by Gasteiger charge is 2.20. The molecular weight excluding hydrogens is 210 g/mol. The van der Waals surface area contributed by atoms with Gasteiger partial charge >= 0.3 is 0 Å². The van der Waals surface area contributed by atoms with Crippen molar-refractivity contribution in [3.05, 3.63) is 47.5 Å². The van der Waals surface area contributed by atoms with E-state index >= 15 is 0 Å². The SMILES string of the molecule is CC(C)C1=CCCN(C(=O)c2ccccc2)C1. The summed E-state index contributed by atoms with van der Waals surface area (Å²) in [6.45, 7) is 5.99. The minimum atomic E-state index is 0.150. The fourth-order valence-corrected chi connectivity index (χ4v) is 2.12. The maximum absolute atomic E-state index is 12.3. The van der Waals surface area contributed by atoms with Crippen molar-refractivity contribution in [2.24, 2.45) is 5.92 Å². The van der Waals surface area contributed by atoms with Crippen molar-refractivity contribution < 1.29 is 4.79 Å². The van der Waals surface area contributed by atoms with Crippen LogP contribution in [0.4, 0.5) is 0 Å². The van der Waals surface area contributed by atoms with Crippen LogP contribution >= 0.6 is 0 Å². The van der Waals surface area contributed by atoms with Crippen LogP contribution < -0.4 is 0 Å². The molecule has 2 heteroatoms. The summed E-state index contributed by atoms with van der Waals surface area (Å²) in [6.07, 6.45) is 3.26. The van der Waals surface area contributed by atoms with E-state index in [4.69, 9.17) is 0 Å². The molecule has 2 nitrogen and oxygen atoms in total. The van der Waals surface area contributed by atoms with Gasteiger partial charge in [-0.05, 0) is 24.5 Å². The molecule has 0 bridgehead atoms. The molecule has 1 aliphatic heterocycles. The summed E-state index contributed by atoms with van der Waals surface area (Å²) in [7, 11) is 0. The number of amides is 1. The van der Waals surface area contributed by atoms with Crippen LogP contribution in [0.1, 0.15) is 30.6 Å². The van der Waals surface area contributed by atoms with E-state index in [2.05, 4.69) is 19.9 Å². The fraction of sp³-hybridized carbons (Fsp3) is 0.400. The van der Waals surface area contributed by atoms with Crippen LogP contribution in [-0.2, 0) is 0 Å². The van der Waals surface area contributed by atoms with Crippen molar-refractivity contribution in [3.63, 3.8) is 0 Å². The summed E-state index contributed by atoms with van der Waals surface area (Å²) >= 11 is 0. The second-order valence-corrected chi connectivity index (χ2v) is 4.82. The molecule has 0 unspecified atom stereocenters. The van der Waals surface area contributed by atoms with Gasteiger partial charge in [0.05, 0.1) is 0 Å². The second kappa shape index (κ2) is 5.17. The van der Waals surface area contributed by atoms with Gasteiger partial charge in [-0.3, -0.25) is 4.79 Å². The number of carbonyl (C=O) groups is 1. The molecular formula is C15H19NO. The summed E-state index contributed by atoms with van der Waals surface area (Å²) in [5.74, 6) is 0.679. The summed E-state index contributed by atoms with van der Waals surface area (Å²) in [5.41, 5.74) is 2.16. The summed E-state index contributed by atoms with van der Waals surface area (Å²) < 4.78 is 0. The molecule has 0 saturated heterocycles. The molecule has 0 N–H and O–H groups in total. The first-order chi connectivity index (χ1) is 8.18. The van der Waals surface area contributed by atoms with Crippen molar-refractivity contribution in [1.29, 1.82) is 0 Å². The van der Waals surface area contributed by atoms with E-state index in [1.807, 2.05) is 35.2 Å². The molecule has 0 atom stereocenters. The van der Waals surface area contributed by atoms with E-state index in [0.29, 0.717) is 5.92 Å². The lowest BCUT2D eigenvalue weighted by molar-refractivity contribution is 0.0762. The maximum atomic E-state index is 12.3. The molecule has 2 rings (SSSR count). The predicted molar refractivity (Wildman–Crippen MR) is 69.9 cm³/mol. The normalized spacial score (nSPS) is 15.9. The lowest BCUT2D eigenvalue weighted by Gasteiger charge is -2.29. The van der Waals surface area contributed by atoms with Crippen LogP contribution in [-0.4, -0.2) is 23.9 Å². The van der Waals surface area contributed by atoms with E-state index in [-0.39, 0.29) is 5.91 Å². The molecule has 1 heterocycles. The predicted octanol–water partition coefficient (Wildman–Crippen LogP) is 3.11. The average molecular weight is 229 g/mol. The van der Waals surface area contributed by atoms with Gasteiger partial charge < -0.3 is 4.90 Å². The van der Waals surface area contributed by atoms with Gasteiger partial charge in [-0.25, -0.2) is 0 Å². The number of rotatable bonds is 2. The molecule has 0 fully saturated rings. The van der Waals surface area contributed by atoms with Crippen molar-refractivity contribution >= 4 is 5.91 Å². The van der Waals surface area contributed by atoms with Gasteiger partial charge in [0.1, 0.15) is 0 Å². The average Bonchev–Trinajstić information content (AvgIpc) is 2.39. The van der Waals surface area contributed by atoms with Crippen molar-refractivity contribution in [2.75, 3.05) is 13.1 Å². The number of hydrogen-bond donors (Lipinski definition) is 0. The van der Waals surface area contributed by atoms with Gasteiger partial charge in [0.25, 0.3) is 5.91 Å². The molecule has 0 radical (unpaired) electrons. The van der Waals surface area contributed by atoms with Gasteiger partial charge in [0, 0.05) is 18.7 Å². The molecule has 0 saturated carbocycles. The molecule has 0 spiro atoms. The Morgan fingerprint density at radius 2 is 1.94 bits per heavy atom. The lowest BCUT2D eigenvalue weighted by atomic mass is 9.98. The molecule has 1 aromatic carbocycles.